The first-order valence-electron chi connectivity index (χ1n) is 8.24. The zero-order chi connectivity index (χ0) is 19.2. The van der Waals surface area contributed by atoms with Crippen LogP contribution < -0.4 is 4.90 Å². The second kappa shape index (κ2) is 6.56. The van der Waals surface area contributed by atoms with Crippen LogP contribution in [0.2, 0.25) is 5.02 Å². The van der Waals surface area contributed by atoms with Crippen LogP contribution in [0, 0.1) is 12.3 Å². The Balaban J connectivity index is 2.22. The minimum atomic E-state index is -0.725. The van der Waals surface area contributed by atoms with Crippen LogP contribution >= 0.6 is 22.9 Å². The molecule has 1 unspecified atom stereocenters. The average Bonchev–Trinajstić information content (AvgIpc) is 3.08. The molecule has 2 aromatic rings. The Morgan fingerprint density at radius 3 is 2.50 bits per heavy atom. The van der Waals surface area contributed by atoms with Gasteiger partial charge in [0.25, 0.3) is 5.91 Å². The predicted octanol–water partition coefficient (Wildman–Crippen LogP) is 5.23. The van der Waals surface area contributed by atoms with Crippen LogP contribution in [0.5, 0.6) is 0 Å². The molecule has 2 heterocycles. The number of hydrogen-bond donors (Lipinski definition) is 1. The minimum absolute atomic E-state index is 0.146. The highest BCUT2D eigenvalue weighted by Crippen LogP contribution is 2.45. The summed E-state index contributed by atoms with van der Waals surface area (Å²) in [6.07, 6.45) is 0. The Hall–Kier alpha value is -2.11. The number of hydrogen-bond acceptors (Lipinski definition) is 4. The molecule has 136 valence electrons. The van der Waals surface area contributed by atoms with Gasteiger partial charge in [-0.05, 0) is 42.1 Å². The number of carbonyl (C=O) groups excluding carboxylic acids is 2. The lowest BCUT2D eigenvalue weighted by atomic mass is 9.83. The smallest absolute Gasteiger partial charge is 0.294 e. The van der Waals surface area contributed by atoms with Crippen LogP contribution in [0.25, 0.3) is 0 Å². The number of thiophene rings is 1. The quantitative estimate of drug-likeness (QED) is 0.782. The number of aliphatic hydroxyl groups excluding tert-OH is 1. The van der Waals surface area contributed by atoms with E-state index in [0.717, 1.165) is 10.4 Å². The molecule has 3 rings (SSSR count). The van der Waals surface area contributed by atoms with Crippen LogP contribution in [0.1, 0.15) is 37.3 Å². The minimum Gasteiger partial charge on any atom is -0.503 e. The lowest BCUT2D eigenvalue weighted by molar-refractivity contribution is -0.123. The molecule has 1 N–H and O–H groups in total. The molecular weight excluding hydrogens is 370 g/mol. The van der Waals surface area contributed by atoms with Gasteiger partial charge in [-0.1, -0.05) is 38.4 Å². The van der Waals surface area contributed by atoms with Gasteiger partial charge in [0.15, 0.2) is 11.5 Å². The highest BCUT2D eigenvalue weighted by Gasteiger charge is 2.47. The number of halogens is 1. The van der Waals surface area contributed by atoms with Gasteiger partial charge in [0.1, 0.15) is 6.04 Å². The molecule has 0 fully saturated rings. The van der Waals surface area contributed by atoms with E-state index in [2.05, 4.69) is 0 Å². The summed E-state index contributed by atoms with van der Waals surface area (Å²) in [4.78, 5) is 28.3. The number of carbonyl (C=O) groups is 2. The Morgan fingerprint density at radius 1 is 1.27 bits per heavy atom. The van der Waals surface area contributed by atoms with Gasteiger partial charge in [0, 0.05) is 21.0 Å². The van der Waals surface area contributed by atoms with Gasteiger partial charge < -0.3 is 5.11 Å². The van der Waals surface area contributed by atoms with Crippen LogP contribution in [-0.2, 0) is 9.59 Å². The van der Waals surface area contributed by atoms with E-state index >= 15 is 0 Å². The second-order valence-electron chi connectivity index (χ2n) is 7.37. The van der Waals surface area contributed by atoms with E-state index in [-0.39, 0.29) is 11.4 Å². The van der Waals surface area contributed by atoms with Crippen molar-refractivity contribution < 1.29 is 14.7 Å². The Labute approximate surface area is 161 Å². The van der Waals surface area contributed by atoms with Gasteiger partial charge in [0.05, 0.1) is 5.57 Å². The molecule has 1 aromatic carbocycles. The van der Waals surface area contributed by atoms with Crippen molar-refractivity contribution in [3.05, 3.63) is 62.5 Å². The molecule has 0 radical (unpaired) electrons. The molecule has 1 amide bonds. The molecule has 0 aliphatic carbocycles. The van der Waals surface area contributed by atoms with E-state index in [9.17, 15) is 14.7 Å². The van der Waals surface area contributed by atoms with Gasteiger partial charge in [-0.15, -0.1) is 11.3 Å². The molecule has 1 atom stereocenters. The van der Waals surface area contributed by atoms with Crippen molar-refractivity contribution in [2.45, 2.75) is 33.7 Å². The van der Waals surface area contributed by atoms with Gasteiger partial charge in [-0.3, -0.25) is 14.5 Å². The largest absolute Gasteiger partial charge is 0.503 e. The SMILES string of the molecule is Cc1ccsc1C1C(C(=O)C(C)(C)C)=C(O)C(=O)N1c1cccc(Cl)c1. The van der Waals surface area contributed by atoms with Crippen molar-refractivity contribution in [2.24, 2.45) is 5.41 Å². The molecule has 1 aromatic heterocycles. The maximum Gasteiger partial charge on any atom is 0.294 e. The van der Waals surface area contributed by atoms with Crippen LogP contribution in [0.3, 0.4) is 0 Å². The topological polar surface area (TPSA) is 57.6 Å². The summed E-state index contributed by atoms with van der Waals surface area (Å²) < 4.78 is 0. The lowest BCUT2D eigenvalue weighted by Crippen LogP contribution is -2.32. The van der Waals surface area contributed by atoms with E-state index < -0.39 is 23.1 Å². The Morgan fingerprint density at radius 2 is 1.96 bits per heavy atom. The molecule has 0 spiro atoms. The van der Waals surface area contributed by atoms with Gasteiger partial charge >= 0.3 is 0 Å². The van der Waals surface area contributed by atoms with E-state index in [0.29, 0.717) is 10.7 Å². The normalized spacial score (nSPS) is 18.0. The number of aryl methyl sites for hydroxylation is 1. The highest BCUT2D eigenvalue weighted by atomic mass is 35.5. The highest BCUT2D eigenvalue weighted by molar-refractivity contribution is 7.10. The maximum atomic E-state index is 13.1. The molecule has 1 aliphatic heterocycles. The van der Waals surface area contributed by atoms with E-state index in [1.165, 1.54) is 16.2 Å². The van der Waals surface area contributed by atoms with Crippen LogP contribution in [0.4, 0.5) is 5.69 Å². The van der Waals surface area contributed by atoms with Crippen molar-refractivity contribution >= 4 is 40.3 Å². The molecule has 1 aliphatic rings. The van der Waals surface area contributed by atoms with Crippen molar-refractivity contribution in [1.29, 1.82) is 0 Å². The monoisotopic (exact) mass is 389 g/mol. The summed E-state index contributed by atoms with van der Waals surface area (Å²) in [5, 5.41) is 13.0. The molecule has 0 bridgehead atoms. The van der Waals surface area contributed by atoms with Crippen molar-refractivity contribution in [3.8, 4) is 0 Å². The summed E-state index contributed by atoms with van der Waals surface area (Å²) >= 11 is 7.57. The third kappa shape index (κ3) is 3.06. The summed E-state index contributed by atoms with van der Waals surface area (Å²) in [5.74, 6) is -1.31. The summed E-state index contributed by atoms with van der Waals surface area (Å²) in [5.41, 5.74) is 0.933. The number of benzene rings is 1. The van der Waals surface area contributed by atoms with E-state index in [4.69, 9.17) is 11.6 Å². The number of ketones is 1. The fourth-order valence-electron chi connectivity index (χ4n) is 3.05. The average molecular weight is 390 g/mol. The fourth-order valence-corrected chi connectivity index (χ4v) is 4.26. The predicted molar refractivity (Wildman–Crippen MR) is 105 cm³/mol. The van der Waals surface area contributed by atoms with E-state index in [1.807, 2.05) is 18.4 Å². The maximum absolute atomic E-state index is 13.1. The number of aliphatic hydroxyl groups is 1. The standard InChI is InChI=1S/C20H20ClNO3S/c1-11-8-9-26-17(11)15-14(18(24)20(2,3)4)16(23)19(25)22(15)13-7-5-6-12(21)10-13/h5-10,15,23H,1-4H3. The molecular formula is C20H20ClNO3S. The number of rotatable bonds is 3. The van der Waals surface area contributed by atoms with E-state index in [1.54, 1.807) is 45.0 Å². The first-order chi connectivity index (χ1) is 12.1. The van der Waals surface area contributed by atoms with Crippen molar-refractivity contribution in [2.75, 3.05) is 4.90 Å². The number of nitrogens with zero attached hydrogens (tertiary/aromatic N) is 1. The lowest BCUT2D eigenvalue weighted by Gasteiger charge is -2.28. The summed E-state index contributed by atoms with van der Waals surface area (Å²) in [7, 11) is 0. The van der Waals surface area contributed by atoms with Crippen LogP contribution in [-0.4, -0.2) is 16.8 Å². The van der Waals surface area contributed by atoms with Crippen LogP contribution in [0.15, 0.2) is 47.0 Å². The molecule has 4 nitrogen and oxygen atoms in total. The summed E-state index contributed by atoms with van der Waals surface area (Å²) in [6.45, 7) is 7.27. The van der Waals surface area contributed by atoms with Crippen molar-refractivity contribution in [1.82, 2.24) is 0 Å². The third-order valence-electron chi connectivity index (χ3n) is 4.37. The summed E-state index contributed by atoms with van der Waals surface area (Å²) in [6, 6.07) is 8.14. The van der Waals surface area contributed by atoms with Gasteiger partial charge in [0.2, 0.25) is 0 Å². The first kappa shape index (κ1) is 18.7. The number of Topliss-reactive ketones (excluding diaryl/α,β-unsaturated/α-hetero) is 1. The fraction of sp³-hybridized carbons (Fsp3) is 0.300. The van der Waals surface area contributed by atoms with Crippen molar-refractivity contribution in [3.63, 3.8) is 0 Å². The number of anilines is 1. The molecule has 26 heavy (non-hydrogen) atoms. The zero-order valence-corrected chi connectivity index (χ0v) is 16.6. The number of amides is 1. The third-order valence-corrected chi connectivity index (χ3v) is 5.68. The Bertz CT molecular complexity index is 923. The van der Waals surface area contributed by atoms with Gasteiger partial charge in [-0.25, -0.2) is 0 Å². The molecule has 6 heteroatoms. The van der Waals surface area contributed by atoms with Gasteiger partial charge in [-0.2, -0.15) is 0 Å². The molecule has 0 saturated heterocycles. The zero-order valence-electron chi connectivity index (χ0n) is 15.0. The first-order valence-corrected chi connectivity index (χ1v) is 9.49. The second-order valence-corrected chi connectivity index (χ2v) is 8.75. The molecule has 0 saturated carbocycles. The Kier molecular flexibility index (Phi) is 4.71.